The summed E-state index contributed by atoms with van der Waals surface area (Å²) in [4.78, 5) is 0.364. The zero-order chi connectivity index (χ0) is 14.0. The minimum Gasteiger partial charge on any atom is -0.316 e. The molecule has 1 aliphatic rings. The van der Waals surface area contributed by atoms with Crippen LogP contribution in [0.25, 0.3) is 0 Å². The zero-order valence-corrected chi connectivity index (χ0v) is 12.5. The molecule has 1 aromatic carbocycles. The van der Waals surface area contributed by atoms with Crippen molar-refractivity contribution in [3.8, 4) is 0 Å². The van der Waals surface area contributed by atoms with Gasteiger partial charge in [-0.2, -0.15) is 0 Å². The summed E-state index contributed by atoms with van der Waals surface area (Å²) in [6, 6.07) is 5.41. The minimum atomic E-state index is -3.38. The maximum Gasteiger partial charge on any atom is 0.240 e. The SMILES string of the molecule is CNCc1cc(S(=O)(=O)NC2CC(C)C2)ccc1C. The zero-order valence-electron chi connectivity index (χ0n) is 11.7. The summed E-state index contributed by atoms with van der Waals surface area (Å²) in [5.41, 5.74) is 2.12. The van der Waals surface area contributed by atoms with E-state index in [0.29, 0.717) is 17.4 Å². The van der Waals surface area contributed by atoms with Crippen LogP contribution in [-0.2, 0) is 16.6 Å². The molecule has 5 heteroatoms. The molecule has 1 aromatic rings. The van der Waals surface area contributed by atoms with Crippen molar-refractivity contribution in [2.24, 2.45) is 5.92 Å². The fraction of sp³-hybridized carbons (Fsp3) is 0.571. The second-order valence-corrected chi connectivity index (χ2v) is 7.23. The number of sulfonamides is 1. The molecule has 0 heterocycles. The lowest BCUT2D eigenvalue weighted by Crippen LogP contribution is -2.43. The van der Waals surface area contributed by atoms with Crippen molar-refractivity contribution < 1.29 is 8.42 Å². The van der Waals surface area contributed by atoms with Gasteiger partial charge in [-0.05, 0) is 56.0 Å². The lowest BCUT2D eigenvalue weighted by molar-refractivity contribution is 0.270. The molecule has 0 aromatic heterocycles. The third-order valence-corrected chi connectivity index (χ3v) is 5.21. The first-order valence-corrected chi connectivity index (χ1v) is 8.17. The molecule has 0 bridgehead atoms. The minimum absolute atomic E-state index is 0.106. The van der Waals surface area contributed by atoms with E-state index < -0.39 is 10.0 Å². The largest absolute Gasteiger partial charge is 0.316 e. The van der Waals surface area contributed by atoms with E-state index >= 15 is 0 Å². The van der Waals surface area contributed by atoms with Crippen molar-refractivity contribution in [1.82, 2.24) is 10.0 Å². The highest BCUT2D eigenvalue weighted by Crippen LogP contribution is 2.28. The topological polar surface area (TPSA) is 58.2 Å². The highest BCUT2D eigenvalue weighted by Gasteiger charge is 2.29. The predicted octanol–water partition coefficient (Wildman–Crippen LogP) is 1.79. The van der Waals surface area contributed by atoms with Crippen LogP contribution in [0, 0.1) is 12.8 Å². The van der Waals surface area contributed by atoms with Crippen molar-refractivity contribution in [2.45, 2.75) is 44.2 Å². The highest BCUT2D eigenvalue weighted by atomic mass is 32.2. The van der Waals surface area contributed by atoms with Gasteiger partial charge in [-0.1, -0.05) is 13.0 Å². The van der Waals surface area contributed by atoms with Crippen molar-refractivity contribution in [2.75, 3.05) is 7.05 Å². The van der Waals surface area contributed by atoms with Crippen LogP contribution in [0.1, 0.15) is 30.9 Å². The predicted molar refractivity (Wildman–Crippen MR) is 76.5 cm³/mol. The van der Waals surface area contributed by atoms with E-state index in [1.54, 1.807) is 12.1 Å². The summed E-state index contributed by atoms with van der Waals surface area (Å²) in [5, 5.41) is 3.06. The fourth-order valence-corrected chi connectivity index (χ4v) is 3.79. The van der Waals surface area contributed by atoms with Crippen LogP contribution in [0.5, 0.6) is 0 Å². The third kappa shape index (κ3) is 3.35. The van der Waals surface area contributed by atoms with Gasteiger partial charge in [0.05, 0.1) is 4.90 Å². The first kappa shape index (κ1) is 14.5. The summed E-state index contributed by atoms with van der Waals surface area (Å²) >= 11 is 0. The third-order valence-electron chi connectivity index (χ3n) is 3.69. The standard InChI is InChI=1S/C14H22N2O2S/c1-10-6-13(7-10)16-19(17,18)14-5-4-11(2)12(8-14)9-15-3/h4-5,8,10,13,15-16H,6-7,9H2,1-3H3. The van der Waals surface area contributed by atoms with Crippen LogP contribution < -0.4 is 10.0 Å². The highest BCUT2D eigenvalue weighted by molar-refractivity contribution is 7.89. The molecular formula is C14H22N2O2S. The normalized spacial score (nSPS) is 23.1. The van der Waals surface area contributed by atoms with Gasteiger partial charge < -0.3 is 5.32 Å². The molecule has 0 spiro atoms. The van der Waals surface area contributed by atoms with Gasteiger partial charge in [0.15, 0.2) is 0 Å². The van der Waals surface area contributed by atoms with Gasteiger partial charge in [0, 0.05) is 12.6 Å². The average Bonchev–Trinajstić information content (AvgIpc) is 2.30. The molecule has 4 nitrogen and oxygen atoms in total. The first-order valence-electron chi connectivity index (χ1n) is 6.69. The van der Waals surface area contributed by atoms with E-state index in [0.717, 1.165) is 24.0 Å². The van der Waals surface area contributed by atoms with Crippen molar-refractivity contribution in [1.29, 1.82) is 0 Å². The maximum atomic E-state index is 12.3. The Labute approximate surface area is 115 Å². The van der Waals surface area contributed by atoms with Crippen molar-refractivity contribution in [3.63, 3.8) is 0 Å². The van der Waals surface area contributed by atoms with Gasteiger partial charge in [-0.25, -0.2) is 13.1 Å². The molecule has 0 unspecified atom stereocenters. The smallest absolute Gasteiger partial charge is 0.240 e. The Morgan fingerprint density at radius 2 is 2.00 bits per heavy atom. The van der Waals surface area contributed by atoms with E-state index in [-0.39, 0.29) is 6.04 Å². The monoisotopic (exact) mass is 282 g/mol. The maximum absolute atomic E-state index is 12.3. The van der Waals surface area contributed by atoms with E-state index in [2.05, 4.69) is 17.0 Å². The molecule has 0 amide bonds. The van der Waals surface area contributed by atoms with Gasteiger partial charge >= 0.3 is 0 Å². The molecule has 1 aliphatic carbocycles. The molecule has 0 saturated heterocycles. The van der Waals surface area contributed by atoms with Crippen LogP contribution in [0.3, 0.4) is 0 Å². The first-order chi connectivity index (χ1) is 8.92. The second kappa shape index (κ2) is 5.61. The second-order valence-electron chi connectivity index (χ2n) is 5.51. The molecule has 1 saturated carbocycles. The Bertz CT molecular complexity index is 549. The summed E-state index contributed by atoms with van der Waals surface area (Å²) in [6.07, 6.45) is 1.88. The van der Waals surface area contributed by atoms with Gasteiger partial charge in [-0.3, -0.25) is 0 Å². The molecular weight excluding hydrogens is 260 g/mol. The number of benzene rings is 1. The number of hydrogen-bond acceptors (Lipinski definition) is 3. The molecule has 1 fully saturated rings. The Hall–Kier alpha value is -0.910. The molecule has 0 aliphatic heterocycles. The van der Waals surface area contributed by atoms with Crippen LogP contribution in [0.4, 0.5) is 0 Å². The van der Waals surface area contributed by atoms with E-state index in [9.17, 15) is 8.42 Å². The summed E-state index contributed by atoms with van der Waals surface area (Å²) < 4.78 is 27.3. The Morgan fingerprint density at radius 1 is 1.32 bits per heavy atom. The Kier molecular flexibility index (Phi) is 4.28. The Morgan fingerprint density at radius 3 is 2.58 bits per heavy atom. The van der Waals surface area contributed by atoms with E-state index in [1.807, 2.05) is 20.0 Å². The molecule has 2 N–H and O–H groups in total. The van der Waals surface area contributed by atoms with Crippen LogP contribution in [0.15, 0.2) is 23.1 Å². The van der Waals surface area contributed by atoms with Gasteiger partial charge in [0.1, 0.15) is 0 Å². The Balaban J connectivity index is 2.17. The summed E-state index contributed by atoms with van der Waals surface area (Å²) in [6.45, 7) is 4.81. The van der Waals surface area contributed by atoms with E-state index in [4.69, 9.17) is 0 Å². The van der Waals surface area contributed by atoms with Crippen molar-refractivity contribution >= 4 is 10.0 Å². The quantitative estimate of drug-likeness (QED) is 0.865. The number of hydrogen-bond donors (Lipinski definition) is 2. The lowest BCUT2D eigenvalue weighted by Gasteiger charge is -2.32. The van der Waals surface area contributed by atoms with Crippen molar-refractivity contribution in [3.05, 3.63) is 29.3 Å². The number of aryl methyl sites for hydroxylation is 1. The average molecular weight is 282 g/mol. The van der Waals surface area contributed by atoms with E-state index in [1.165, 1.54) is 0 Å². The number of nitrogens with one attached hydrogen (secondary N) is 2. The lowest BCUT2D eigenvalue weighted by atomic mass is 9.83. The summed E-state index contributed by atoms with van der Waals surface area (Å²) in [5.74, 6) is 0.630. The van der Waals surface area contributed by atoms with Crippen LogP contribution >= 0.6 is 0 Å². The van der Waals surface area contributed by atoms with Gasteiger partial charge in [0.2, 0.25) is 10.0 Å². The van der Waals surface area contributed by atoms with Gasteiger partial charge in [-0.15, -0.1) is 0 Å². The molecule has 0 atom stereocenters. The molecule has 0 radical (unpaired) electrons. The van der Waals surface area contributed by atoms with Crippen LogP contribution in [-0.4, -0.2) is 21.5 Å². The molecule has 106 valence electrons. The number of rotatable bonds is 5. The van der Waals surface area contributed by atoms with Gasteiger partial charge in [0.25, 0.3) is 0 Å². The summed E-state index contributed by atoms with van der Waals surface area (Å²) in [7, 11) is -1.52. The van der Waals surface area contributed by atoms with Crippen LogP contribution in [0.2, 0.25) is 0 Å². The molecule has 2 rings (SSSR count). The molecule has 19 heavy (non-hydrogen) atoms. The fourth-order valence-electron chi connectivity index (χ4n) is 2.48.